The van der Waals surface area contributed by atoms with E-state index in [-0.39, 0.29) is 0 Å². The summed E-state index contributed by atoms with van der Waals surface area (Å²) in [6.07, 6.45) is 6.79. The van der Waals surface area contributed by atoms with Crippen LogP contribution in [0.3, 0.4) is 0 Å². The number of imidazole rings is 1. The lowest BCUT2D eigenvalue weighted by Crippen LogP contribution is -2.11. The number of rotatable bonds is 5. The Morgan fingerprint density at radius 3 is 2.64 bits per heavy atom. The van der Waals surface area contributed by atoms with Crippen LogP contribution in [0.5, 0.6) is 0 Å². The van der Waals surface area contributed by atoms with Crippen molar-refractivity contribution < 1.29 is 4.74 Å². The number of ether oxygens (including phenoxy) is 1. The van der Waals surface area contributed by atoms with Crippen LogP contribution < -0.4 is 0 Å². The van der Waals surface area contributed by atoms with Gasteiger partial charge >= 0.3 is 0 Å². The third-order valence-corrected chi connectivity index (χ3v) is 5.33. The summed E-state index contributed by atoms with van der Waals surface area (Å²) in [6.45, 7) is 2.32. The first-order valence-electron chi connectivity index (χ1n) is 9.66. The summed E-state index contributed by atoms with van der Waals surface area (Å²) in [5.41, 5.74) is 5.79. The molecule has 140 valence electrons. The van der Waals surface area contributed by atoms with Gasteiger partial charge in [-0.25, -0.2) is 9.67 Å². The van der Waals surface area contributed by atoms with Gasteiger partial charge in [-0.2, -0.15) is 5.10 Å². The van der Waals surface area contributed by atoms with Crippen molar-refractivity contribution in [3.05, 3.63) is 90.6 Å². The Hall–Kier alpha value is -3.18. The Morgan fingerprint density at radius 2 is 1.86 bits per heavy atom. The fourth-order valence-corrected chi connectivity index (χ4v) is 3.98. The van der Waals surface area contributed by atoms with Crippen molar-refractivity contribution in [1.29, 1.82) is 0 Å². The molecule has 4 aromatic rings. The van der Waals surface area contributed by atoms with Gasteiger partial charge in [0.25, 0.3) is 0 Å². The van der Waals surface area contributed by atoms with Crippen LogP contribution in [0.15, 0.2) is 79.4 Å². The molecular weight excluding hydrogens is 348 g/mol. The molecule has 0 bridgehead atoms. The minimum atomic E-state index is 0.370. The average molecular weight is 370 g/mol. The minimum absolute atomic E-state index is 0.370. The van der Waals surface area contributed by atoms with E-state index in [9.17, 15) is 0 Å². The standard InChI is InChI=1S/C23H22N4O/c1-2-7-18(8-3-1)22-23(20-11-14-28-16-20)26(17-24-22)15-19-9-4-5-10-21(19)27-13-6-12-25-27/h1-10,12-13,17,20H,11,14-16H2/t20-/m1/s1. The normalized spacial score (nSPS) is 16.5. The zero-order valence-electron chi connectivity index (χ0n) is 15.6. The summed E-state index contributed by atoms with van der Waals surface area (Å²) in [5, 5.41) is 4.41. The molecule has 2 aromatic carbocycles. The summed E-state index contributed by atoms with van der Waals surface area (Å²) in [7, 11) is 0. The number of benzene rings is 2. The second-order valence-corrected chi connectivity index (χ2v) is 7.11. The topological polar surface area (TPSA) is 44.9 Å². The smallest absolute Gasteiger partial charge is 0.0959 e. The van der Waals surface area contributed by atoms with E-state index in [0.29, 0.717) is 5.92 Å². The summed E-state index contributed by atoms with van der Waals surface area (Å²) >= 11 is 0. The third-order valence-electron chi connectivity index (χ3n) is 5.33. The largest absolute Gasteiger partial charge is 0.381 e. The van der Waals surface area contributed by atoms with Gasteiger partial charge in [-0.05, 0) is 24.1 Å². The van der Waals surface area contributed by atoms with Crippen LogP contribution in [0.2, 0.25) is 0 Å². The molecule has 1 saturated heterocycles. The first kappa shape index (κ1) is 17.0. The second-order valence-electron chi connectivity index (χ2n) is 7.11. The predicted octanol–water partition coefficient (Wildman–Crippen LogP) is 4.29. The van der Waals surface area contributed by atoms with Crippen LogP contribution in [0.1, 0.15) is 23.6 Å². The molecule has 0 saturated carbocycles. The van der Waals surface area contributed by atoms with Gasteiger partial charge in [-0.3, -0.25) is 0 Å². The molecule has 5 heteroatoms. The van der Waals surface area contributed by atoms with E-state index in [2.05, 4.69) is 58.2 Å². The molecule has 1 atom stereocenters. The lowest BCUT2D eigenvalue weighted by molar-refractivity contribution is 0.193. The Balaban J connectivity index is 1.57. The van der Waals surface area contributed by atoms with E-state index in [4.69, 9.17) is 9.72 Å². The highest BCUT2D eigenvalue weighted by atomic mass is 16.5. The van der Waals surface area contributed by atoms with Gasteiger partial charge in [0, 0.05) is 30.5 Å². The molecule has 2 aromatic heterocycles. The second kappa shape index (κ2) is 7.44. The molecule has 0 spiro atoms. The van der Waals surface area contributed by atoms with E-state index in [0.717, 1.165) is 43.1 Å². The molecule has 0 amide bonds. The highest BCUT2D eigenvalue weighted by Crippen LogP contribution is 2.34. The van der Waals surface area contributed by atoms with Crippen molar-refractivity contribution in [3.63, 3.8) is 0 Å². The minimum Gasteiger partial charge on any atom is -0.381 e. The van der Waals surface area contributed by atoms with Crippen LogP contribution in [0, 0.1) is 0 Å². The van der Waals surface area contributed by atoms with Crippen LogP contribution in [-0.2, 0) is 11.3 Å². The van der Waals surface area contributed by atoms with Crippen LogP contribution in [0.25, 0.3) is 16.9 Å². The molecular formula is C23H22N4O. The van der Waals surface area contributed by atoms with Gasteiger partial charge < -0.3 is 9.30 Å². The van der Waals surface area contributed by atoms with E-state index in [1.54, 1.807) is 0 Å². The molecule has 0 radical (unpaired) electrons. The monoisotopic (exact) mass is 370 g/mol. The zero-order chi connectivity index (χ0) is 18.8. The predicted molar refractivity (Wildman–Crippen MR) is 109 cm³/mol. The van der Waals surface area contributed by atoms with Crippen LogP contribution in [0.4, 0.5) is 0 Å². The molecule has 3 heterocycles. The molecule has 1 aliphatic rings. The quantitative estimate of drug-likeness (QED) is 0.526. The molecule has 5 nitrogen and oxygen atoms in total. The molecule has 28 heavy (non-hydrogen) atoms. The lowest BCUT2D eigenvalue weighted by atomic mass is 9.99. The summed E-state index contributed by atoms with van der Waals surface area (Å²) in [6, 6.07) is 20.8. The first-order chi connectivity index (χ1) is 13.9. The molecule has 0 aliphatic carbocycles. The summed E-state index contributed by atoms with van der Waals surface area (Å²) < 4.78 is 9.91. The van der Waals surface area contributed by atoms with Gasteiger partial charge in [-0.15, -0.1) is 0 Å². The highest BCUT2D eigenvalue weighted by molar-refractivity contribution is 5.63. The van der Waals surface area contributed by atoms with E-state index < -0.39 is 0 Å². The Bertz CT molecular complexity index is 1050. The van der Waals surface area contributed by atoms with E-state index in [1.807, 2.05) is 35.5 Å². The third kappa shape index (κ3) is 3.14. The summed E-state index contributed by atoms with van der Waals surface area (Å²) in [4.78, 5) is 4.80. The number of para-hydroxylation sites is 1. The van der Waals surface area contributed by atoms with Crippen molar-refractivity contribution in [2.45, 2.75) is 18.9 Å². The highest BCUT2D eigenvalue weighted by Gasteiger charge is 2.26. The lowest BCUT2D eigenvalue weighted by Gasteiger charge is -2.17. The van der Waals surface area contributed by atoms with Gasteiger partial charge in [0.15, 0.2) is 0 Å². The van der Waals surface area contributed by atoms with Crippen molar-refractivity contribution in [1.82, 2.24) is 19.3 Å². The molecule has 1 fully saturated rings. The fourth-order valence-electron chi connectivity index (χ4n) is 3.98. The SMILES string of the molecule is c1ccc(-c2ncn(Cc3ccccc3-n3cccn3)c2[C@@H]2CCOC2)cc1. The van der Waals surface area contributed by atoms with Gasteiger partial charge in [0.2, 0.25) is 0 Å². The van der Waals surface area contributed by atoms with Crippen LogP contribution in [-0.4, -0.2) is 32.5 Å². The number of nitrogens with zero attached hydrogens (tertiary/aromatic N) is 4. The fraction of sp³-hybridized carbons (Fsp3) is 0.217. The number of aromatic nitrogens is 4. The van der Waals surface area contributed by atoms with Crippen molar-refractivity contribution in [2.24, 2.45) is 0 Å². The number of hydrogen-bond donors (Lipinski definition) is 0. The van der Waals surface area contributed by atoms with Crippen molar-refractivity contribution in [3.8, 4) is 16.9 Å². The molecule has 0 unspecified atom stereocenters. The van der Waals surface area contributed by atoms with Crippen LogP contribution >= 0.6 is 0 Å². The van der Waals surface area contributed by atoms with Crippen molar-refractivity contribution in [2.75, 3.05) is 13.2 Å². The molecule has 0 N–H and O–H groups in total. The average Bonchev–Trinajstić information content (AvgIpc) is 3.50. The van der Waals surface area contributed by atoms with E-state index in [1.165, 1.54) is 11.3 Å². The van der Waals surface area contributed by atoms with Crippen molar-refractivity contribution >= 4 is 0 Å². The molecule has 1 aliphatic heterocycles. The van der Waals surface area contributed by atoms with E-state index >= 15 is 0 Å². The van der Waals surface area contributed by atoms with Gasteiger partial charge in [0.05, 0.1) is 36.6 Å². The Labute approximate surface area is 164 Å². The Morgan fingerprint density at radius 1 is 1.00 bits per heavy atom. The summed E-state index contributed by atoms with van der Waals surface area (Å²) in [5.74, 6) is 0.370. The zero-order valence-corrected chi connectivity index (χ0v) is 15.6. The Kier molecular flexibility index (Phi) is 4.51. The first-order valence-corrected chi connectivity index (χ1v) is 9.66. The maximum absolute atomic E-state index is 5.70. The maximum atomic E-state index is 5.70. The molecule has 5 rings (SSSR count). The maximum Gasteiger partial charge on any atom is 0.0959 e. The number of hydrogen-bond acceptors (Lipinski definition) is 3. The van der Waals surface area contributed by atoms with Gasteiger partial charge in [0.1, 0.15) is 0 Å². The van der Waals surface area contributed by atoms with Gasteiger partial charge in [-0.1, -0.05) is 48.5 Å².